The summed E-state index contributed by atoms with van der Waals surface area (Å²) >= 11 is 1.40. The third kappa shape index (κ3) is 3.93. The maximum absolute atomic E-state index is 12.4. The fourth-order valence-corrected chi connectivity index (χ4v) is 4.02. The molecule has 0 saturated heterocycles. The molecular weight excluding hydrogens is 388 g/mol. The molecule has 1 aliphatic heterocycles. The van der Waals surface area contributed by atoms with Crippen LogP contribution in [0.1, 0.15) is 30.1 Å². The highest BCUT2D eigenvalue weighted by atomic mass is 32.2. The fourth-order valence-electron chi connectivity index (χ4n) is 3.23. The van der Waals surface area contributed by atoms with Crippen molar-refractivity contribution in [3.63, 3.8) is 0 Å². The highest BCUT2D eigenvalue weighted by Crippen LogP contribution is 2.41. The molecule has 0 radical (unpaired) electrons. The molecule has 2 heterocycles. The lowest BCUT2D eigenvalue weighted by Gasteiger charge is -2.10. The zero-order chi connectivity index (χ0) is 19.6. The minimum atomic E-state index is -0.0525. The minimum Gasteiger partial charge on any atom is -0.454 e. The van der Waals surface area contributed by atoms with E-state index in [1.807, 2.05) is 48.5 Å². The van der Waals surface area contributed by atoms with Crippen molar-refractivity contribution in [1.29, 1.82) is 0 Å². The molecule has 0 unspecified atom stereocenters. The molecule has 1 amide bonds. The van der Waals surface area contributed by atoms with Gasteiger partial charge in [-0.25, -0.2) is 0 Å². The van der Waals surface area contributed by atoms with Crippen LogP contribution in [0, 0.1) is 0 Å². The van der Waals surface area contributed by atoms with Gasteiger partial charge in [-0.05, 0) is 42.7 Å². The number of ether oxygens (including phenoxy) is 2. The van der Waals surface area contributed by atoms with Crippen molar-refractivity contribution in [2.75, 3.05) is 12.5 Å². The van der Waals surface area contributed by atoms with E-state index in [1.54, 1.807) is 0 Å². The minimum absolute atomic E-state index is 0.0525. The maximum Gasteiger partial charge on any atom is 0.231 e. The maximum atomic E-state index is 12.4. The van der Waals surface area contributed by atoms with Crippen LogP contribution in [0.2, 0.25) is 0 Å². The highest BCUT2D eigenvalue weighted by Gasteiger charge is 2.31. The van der Waals surface area contributed by atoms with E-state index in [0.717, 1.165) is 46.6 Å². The number of aromatic nitrogens is 3. The van der Waals surface area contributed by atoms with E-state index >= 15 is 0 Å². The Labute approximate surface area is 172 Å². The van der Waals surface area contributed by atoms with Crippen molar-refractivity contribution in [3.05, 3.63) is 59.9 Å². The Balaban J connectivity index is 1.23. The Bertz CT molecular complexity index is 1030. The quantitative estimate of drug-likeness (QED) is 0.605. The Hall–Kier alpha value is -3.00. The van der Waals surface area contributed by atoms with E-state index in [0.29, 0.717) is 12.5 Å². The SMILES string of the molecule is O=C(CSc1nnc(C2CC2)n1-c1ccccc1)NCc1ccc2c(c1)OCO2. The molecule has 2 aliphatic rings. The molecule has 8 heteroatoms. The first-order valence-corrected chi connectivity index (χ1v) is 10.6. The molecule has 3 aromatic rings. The summed E-state index contributed by atoms with van der Waals surface area (Å²) in [6.07, 6.45) is 2.29. The molecular formula is C21H20N4O3S. The monoisotopic (exact) mass is 408 g/mol. The van der Waals surface area contributed by atoms with E-state index in [9.17, 15) is 4.79 Å². The van der Waals surface area contributed by atoms with E-state index < -0.39 is 0 Å². The number of carbonyl (C=O) groups is 1. The van der Waals surface area contributed by atoms with Crippen molar-refractivity contribution < 1.29 is 14.3 Å². The van der Waals surface area contributed by atoms with Crippen LogP contribution >= 0.6 is 11.8 Å². The molecule has 5 rings (SSSR count). The predicted molar refractivity (Wildman–Crippen MR) is 108 cm³/mol. The van der Waals surface area contributed by atoms with Crippen LogP contribution in [0.25, 0.3) is 5.69 Å². The average Bonchev–Trinajstić information content (AvgIpc) is 3.34. The first-order valence-electron chi connectivity index (χ1n) is 9.57. The Kier molecular flexibility index (Phi) is 4.85. The number of thioether (sulfide) groups is 1. The third-order valence-electron chi connectivity index (χ3n) is 4.87. The number of rotatable bonds is 7. The standard InChI is InChI=1S/C21H20N4O3S/c26-19(22-11-14-6-9-17-18(10-14)28-13-27-17)12-29-21-24-23-20(15-7-8-15)25(21)16-4-2-1-3-5-16/h1-6,9-10,15H,7-8,11-13H2,(H,22,26). The average molecular weight is 408 g/mol. The molecule has 1 N–H and O–H groups in total. The summed E-state index contributed by atoms with van der Waals surface area (Å²) < 4.78 is 12.8. The van der Waals surface area contributed by atoms with E-state index in [2.05, 4.69) is 20.1 Å². The van der Waals surface area contributed by atoms with Gasteiger partial charge in [-0.15, -0.1) is 10.2 Å². The van der Waals surface area contributed by atoms with Crippen LogP contribution in [0.15, 0.2) is 53.7 Å². The number of amides is 1. The summed E-state index contributed by atoms with van der Waals surface area (Å²) in [4.78, 5) is 12.4. The Morgan fingerprint density at radius 3 is 2.76 bits per heavy atom. The number of nitrogens with zero attached hydrogens (tertiary/aromatic N) is 3. The van der Waals surface area contributed by atoms with Gasteiger partial charge in [0.2, 0.25) is 12.7 Å². The van der Waals surface area contributed by atoms with Gasteiger partial charge >= 0.3 is 0 Å². The number of carbonyl (C=O) groups excluding carboxylic acids is 1. The molecule has 7 nitrogen and oxygen atoms in total. The topological polar surface area (TPSA) is 78.3 Å². The van der Waals surface area contributed by atoms with Crippen molar-refractivity contribution in [3.8, 4) is 17.2 Å². The van der Waals surface area contributed by atoms with E-state index in [1.165, 1.54) is 11.8 Å². The summed E-state index contributed by atoms with van der Waals surface area (Å²) in [6.45, 7) is 0.682. The van der Waals surface area contributed by atoms with Gasteiger partial charge in [0.1, 0.15) is 5.82 Å². The lowest BCUT2D eigenvalue weighted by Crippen LogP contribution is -2.24. The van der Waals surface area contributed by atoms with Crippen molar-refractivity contribution >= 4 is 17.7 Å². The van der Waals surface area contributed by atoms with Gasteiger partial charge < -0.3 is 14.8 Å². The number of hydrogen-bond donors (Lipinski definition) is 1. The largest absolute Gasteiger partial charge is 0.454 e. The lowest BCUT2D eigenvalue weighted by molar-refractivity contribution is -0.118. The van der Waals surface area contributed by atoms with Gasteiger partial charge in [0.15, 0.2) is 16.7 Å². The molecule has 1 aromatic heterocycles. The second-order valence-electron chi connectivity index (χ2n) is 7.04. The van der Waals surface area contributed by atoms with E-state index in [4.69, 9.17) is 9.47 Å². The fraction of sp³-hybridized carbons (Fsp3) is 0.286. The molecule has 2 aromatic carbocycles. The van der Waals surface area contributed by atoms with Crippen molar-refractivity contribution in [1.82, 2.24) is 20.1 Å². The van der Waals surface area contributed by atoms with Crippen LogP contribution in [0.3, 0.4) is 0 Å². The molecule has 0 bridgehead atoms. The number of hydrogen-bond acceptors (Lipinski definition) is 6. The molecule has 29 heavy (non-hydrogen) atoms. The van der Waals surface area contributed by atoms with Crippen LogP contribution in [0.5, 0.6) is 11.5 Å². The highest BCUT2D eigenvalue weighted by molar-refractivity contribution is 7.99. The molecule has 148 valence electrons. The first-order chi connectivity index (χ1) is 14.3. The normalized spacial score (nSPS) is 14.8. The van der Waals surface area contributed by atoms with Gasteiger partial charge in [0.25, 0.3) is 0 Å². The predicted octanol–water partition coefficient (Wildman–Crippen LogP) is 3.28. The van der Waals surface area contributed by atoms with Gasteiger partial charge in [0.05, 0.1) is 5.75 Å². The summed E-state index contributed by atoms with van der Waals surface area (Å²) in [6, 6.07) is 15.7. The third-order valence-corrected chi connectivity index (χ3v) is 5.80. The molecule has 1 saturated carbocycles. The second-order valence-corrected chi connectivity index (χ2v) is 7.98. The van der Waals surface area contributed by atoms with Crippen LogP contribution in [0.4, 0.5) is 0 Å². The van der Waals surface area contributed by atoms with Gasteiger partial charge in [-0.1, -0.05) is 36.0 Å². The smallest absolute Gasteiger partial charge is 0.231 e. The summed E-state index contributed by atoms with van der Waals surface area (Å²) in [5.41, 5.74) is 2.00. The van der Waals surface area contributed by atoms with Crippen LogP contribution < -0.4 is 14.8 Å². The van der Waals surface area contributed by atoms with Gasteiger partial charge in [-0.3, -0.25) is 9.36 Å². The molecule has 1 aliphatic carbocycles. The number of nitrogens with one attached hydrogen (secondary N) is 1. The number of para-hydroxylation sites is 1. The zero-order valence-corrected chi connectivity index (χ0v) is 16.5. The van der Waals surface area contributed by atoms with Crippen LogP contribution in [-0.2, 0) is 11.3 Å². The molecule has 0 atom stereocenters. The van der Waals surface area contributed by atoms with Gasteiger partial charge in [0, 0.05) is 18.2 Å². The molecule has 0 spiro atoms. The van der Waals surface area contributed by atoms with Crippen LogP contribution in [-0.4, -0.2) is 33.2 Å². The number of benzene rings is 2. The summed E-state index contributed by atoms with van der Waals surface area (Å²) in [7, 11) is 0. The van der Waals surface area contributed by atoms with Crippen molar-refractivity contribution in [2.45, 2.75) is 30.5 Å². The Morgan fingerprint density at radius 1 is 1.10 bits per heavy atom. The summed E-state index contributed by atoms with van der Waals surface area (Å²) in [5, 5.41) is 12.4. The van der Waals surface area contributed by atoms with E-state index in [-0.39, 0.29) is 18.5 Å². The van der Waals surface area contributed by atoms with Crippen molar-refractivity contribution in [2.24, 2.45) is 0 Å². The first kappa shape index (κ1) is 18.1. The zero-order valence-electron chi connectivity index (χ0n) is 15.7. The number of fused-ring (bicyclic) bond motifs is 1. The van der Waals surface area contributed by atoms with Gasteiger partial charge in [-0.2, -0.15) is 0 Å². The lowest BCUT2D eigenvalue weighted by atomic mass is 10.2. The molecule has 1 fully saturated rings. The summed E-state index contributed by atoms with van der Waals surface area (Å²) in [5.74, 6) is 3.14. The second kappa shape index (κ2) is 7.79. The Morgan fingerprint density at radius 2 is 1.93 bits per heavy atom.